The van der Waals surface area contributed by atoms with Crippen LogP contribution >= 0.6 is 0 Å². The minimum absolute atomic E-state index is 0.129. The molecular formula is C24H19BN4O2. The largest absolute Gasteiger partial charge is 0.471 e. The van der Waals surface area contributed by atoms with Gasteiger partial charge < -0.3 is 10.3 Å². The van der Waals surface area contributed by atoms with Crippen molar-refractivity contribution in [2.75, 3.05) is 10.2 Å². The van der Waals surface area contributed by atoms with Gasteiger partial charge in [0.05, 0.1) is 12.6 Å². The van der Waals surface area contributed by atoms with Crippen LogP contribution in [0.15, 0.2) is 90.3 Å². The van der Waals surface area contributed by atoms with E-state index in [1.807, 2.05) is 72.8 Å². The summed E-state index contributed by atoms with van der Waals surface area (Å²) in [5.74, 6) is -0.129. The van der Waals surface area contributed by atoms with Gasteiger partial charge in [0.15, 0.2) is 0 Å². The second kappa shape index (κ2) is 8.05. The Morgan fingerprint density at radius 1 is 1.00 bits per heavy atom. The number of nitrogens with zero attached hydrogens (tertiary/aromatic N) is 3. The van der Waals surface area contributed by atoms with Gasteiger partial charge in [0.25, 0.3) is 0 Å². The van der Waals surface area contributed by atoms with E-state index in [0.29, 0.717) is 0 Å². The lowest BCUT2D eigenvalue weighted by molar-refractivity contribution is -0.115. The average molecular weight is 406 g/mol. The predicted octanol–water partition coefficient (Wildman–Crippen LogP) is 2.96. The number of benzene rings is 3. The quantitative estimate of drug-likeness (QED) is 0.511. The van der Waals surface area contributed by atoms with E-state index in [4.69, 9.17) is 0 Å². The third-order valence-electron chi connectivity index (χ3n) is 5.35. The van der Waals surface area contributed by atoms with Crippen molar-refractivity contribution in [2.24, 2.45) is 5.10 Å². The van der Waals surface area contributed by atoms with Crippen LogP contribution < -0.4 is 15.7 Å². The van der Waals surface area contributed by atoms with Gasteiger partial charge in [0.2, 0.25) is 5.91 Å². The Balaban J connectivity index is 1.36. The number of amides is 1. The van der Waals surface area contributed by atoms with E-state index < -0.39 is 7.05 Å². The molecule has 0 spiro atoms. The zero-order chi connectivity index (χ0) is 21.2. The highest BCUT2D eigenvalue weighted by Crippen LogP contribution is 2.21. The van der Waals surface area contributed by atoms with Gasteiger partial charge in [-0.05, 0) is 52.3 Å². The number of aromatic nitrogens is 1. The van der Waals surface area contributed by atoms with E-state index in [-0.39, 0.29) is 12.3 Å². The summed E-state index contributed by atoms with van der Waals surface area (Å²) < 4.78 is 0. The van der Waals surface area contributed by atoms with Crippen LogP contribution in [0.25, 0.3) is 10.8 Å². The first kappa shape index (κ1) is 19.0. The molecule has 7 heteroatoms. The van der Waals surface area contributed by atoms with Gasteiger partial charge in [-0.2, -0.15) is 5.10 Å². The highest BCUT2D eigenvalue weighted by atomic mass is 16.2. The summed E-state index contributed by atoms with van der Waals surface area (Å²) >= 11 is 0. The molecule has 2 heterocycles. The fourth-order valence-corrected chi connectivity index (χ4v) is 3.81. The van der Waals surface area contributed by atoms with Crippen molar-refractivity contribution in [2.45, 2.75) is 6.42 Å². The number of hydrogen-bond acceptors (Lipinski definition) is 5. The number of rotatable bonds is 4. The molecule has 0 saturated carbocycles. The first-order valence-electron chi connectivity index (χ1n) is 10.0. The van der Waals surface area contributed by atoms with Crippen molar-refractivity contribution in [3.05, 3.63) is 96.3 Å². The molecule has 1 aliphatic rings. The van der Waals surface area contributed by atoms with Crippen LogP contribution in [-0.2, 0) is 11.2 Å². The highest BCUT2D eigenvalue weighted by Gasteiger charge is 2.31. The monoisotopic (exact) mass is 406 g/mol. The molecule has 150 valence electrons. The van der Waals surface area contributed by atoms with Gasteiger partial charge in [-0.25, -0.2) is 0 Å². The van der Waals surface area contributed by atoms with Crippen LogP contribution in [0.2, 0.25) is 0 Å². The third kappa shape index (κ3) is 3.79. The first-order valence-corrected chi connectivity index (χ1v) is 10.0. The van der Waals surface area contributed by atoms with Gasteiger partial charge in [0, 0.05) is 29.2 Å². The van der Waals surface area contributed by atoms with Crippen molar-refractivity contribution >= 4 is 46.8 Å². The van der Waals surface area contributed by atoms with E-state index in [9.17, 15) is 9.82 Å². The maximum Gasteiger partial charge on any atom is 0.471 e. The fourth-order valence-electron chi connectivity index (χ4n) is 3.81. The number of hydrazone groups is 1. The molecule has 6 nitrogen and oxygen atoms in total. The summed E-state index contributed by atoms with van der Waals surface area (Å²) in [6.45, 7) is 0. The Kier molecular flexibility index (Phi) is 4.94. The van der Waals surface area contributed by atoms with E-state index in [1.165, 1.54) is 0 Å². The maximum absolute atomic E-state index is 12.7. The molecule has 5 rings (SSSR count). The van der Waals surface area contributed by atoms with E-state index >= 15 is 0 Å². The molecule has 1 aliphatic heterocycles. The number of carbonyl (C=O) groups is 1. The Morgan fingerprint density at radius 2 is 1.87 bits per heavy atom. The topological polar surface area (TPSA) is 77.8 Å². The Hall–Kier alpha value is -3.97. The van der Waals surface area contributed by atoms with Crippen molar-refractivity contribution in [1.29, 1.82) is 0 Å². The van der Waals surface area contributed by atoms with Crippen LogP contribution in [0.1, 0.15) is 11.1 Å². The molecule has 0 saturated heterocycles. The van der Waals surface area contributed by atoms with Gasteiger partial charge in [-0.15, -0.1) is 0 Å². The Labute approximate surface area is 180 Å². The summed E-state index contributed by atoms with van der Waals surface area (Å²) in [7, 11) is -0.917. The molecule has 1 amide bonds. The van der Waals surface area contributed by atoms with Gasteiger partial charge in [-0.1, -0.05) is 42.5 Å². The summed E-state index contributed by atoms with van der Waals surface area (Å²) in [5, 5.41) is 20.3. The van der Waals surface area contributed by atoms with Crippen LogP contribution in [0.3, 0.4) is 0 Å². The molecule has 2 N–H and O–H groups in total. The van der Waals surface area contributed by atoms with Crippen molar-refractivity contribution in [1.82, 2.24) is 4.98 Å². The minimum Gasteiger partial charge on any atom is -0.427 e. The number of para-hydroxylation sites is 1. The number of nitrogens with one attached hydrogen (secondary N) is 1. The minimum atomic E-state index is -0.917. The third-order valence-corrected chi connectivity index (χ3v) is 5.35. The Morgan fingerprint density at radius 3 is 2.74 bits per heavy atom. The first-order chi connectivity index (χ1) is 15.2. The molecule has 0 radical (unpaired) electrons. The zero-order valence-electron chi connectivity index (χ0n) is 16.6. The summed E-state index contributed by atoms with van der Waals surface area (Å²) in [4.78, 5) is 18.4. The van der Waals surface area contributed by atoms with E-state index in [1.54, 1.807) is 23.5 Å². The molecule has 0 atom stereocenters. The molecule has 31 heavy (non-hydrogen) atoms. The van der Waals surface area contributed by atoms with Crippen molar-refractivity contribution in [3.8, 4) is 0 Å². The lowest BCUT2D eigenvalue weighted by Crippen LogP contribution is -2.50. The van der Waals surface area contributed by atoms with Crippen LogP contribution in [0, 0.1) is 0 Å². The lowest BCUT2D eigenvalue weighted by atomic mass is 9.68. The predicted molar refractivity (Wildman–Crippen MR) is 125 cm³/mol. The second-order valence-corrected chi connectivity index (χ2v) is 7.38. The molecule has 0 bridgehead atoms. The average Bonchev–Trinajstić information content (AvgIpc) is 2.80. The molecule has 0 aliphatic carbocycles. The number of pyridine rings is 1. The van der Waals surface area contributed by atoms with Crippen LogP contribution in [0.5, 0.6) is 0 Å². The Bertz CT molecular complexity index is 1290. The molecule has 4 aromatic rings. The number of anilines is 2. The summed E-state index contributed by atoms with van der Waals surface area (Å²) in [5.41, 5.74) is 3.85. The smallest absolute Gasteiger partial charge is 0.427 e. The van der Waals surface area contributed by atoms with Crippen molar-refractivity contribution in [3.63, 3.8) is 0 Å². The van der Waals surface area contributed by atoms with Gasteiger partial charge in [0.1, 0.15) is 0 Å². The number of carbonyl (C=O) groups excluding carboxylic acids is 1. The molecule has 1 aromatic heterocycles. The van der Waals surface area contributed by atoms with Crippen LogP contribution in [0.4, 0.5) is 11.4 Å². The summed E-state index contributed by atoms with van der Waals surface area (Å²) in [6, 6.07) is 22.7. The van der Waals surface area contributed by atoms with Crippen molar-refractivity contribution < 1.29 is 9.82 Å². The fraction of sp³-hybridized carbons (Fsp3) is 0.0417. The number of hydrogen-bond donors (Lipinski definition) is 2. The van der Waals surface area contributed by atoms with Gasteiger partial charge in [-0.3, -0.25) is 14.7 Å². The summed E-state index contributed by atoms with van der Waals surface area (Å²) in [6.07, 6.45) is 5.41. The van der Waals surface area contributed by atoms with E-state index in [2.05, 4.69) is 15.4 Å². The highest BCUT2D eigenvalue weighted by molar-refractivity contribution is 6.71. The van der Waals surface area contributed by atoms with Crippen LogP contribution in [-0.4, -0.2) is 29.2 Å². The second-order valence-electron chi connectivity index (χ2n) is 7.38. The standard InChI is InChI=1S/C24H19BN4O2/c30-24(28-20-10-9-19-15-26-12-11-17(19)13-20)14-18-5-4-8-23-22(18)16-27-29(25(23)31)21-6-2-1-3-7-21/h1-13,15-16,31H,14H2,(H,28,30). The van der Waals surface area contributed by atoms with Gasteiger partial charge >= 0.3 is 7.05 Å². The number of fused-ring (bicyclic) bond motifs is 2. The molecule has 0 unspecified atom stereocenters. The maximum atomic E-state index is 12.7. The normalized spacial score (nSPS) is 12.7. The van der Waals surface area contributed by atoms with E-state index in [0.717, 1.165) is 38.7 Å². The SMILES string of the molecule is O=C(Cc1cccc2c1C=NN(c1ccccc1)B2O)Nc1ccc2cnccc2c1. The molecule has 3 aromatic carbocycles. The lowest BCUT2D eigenvalue weighted by Gasteiger charge is -2.27. The molecular weight excluding hydrogens is 387 g/mol. The zero-order valence-corrected chi connectivity index (χ0v) is 16.6. The molecule has 0 fully saturated rings.